The highest BCUT2D eigenvalue weighted by atomic mass is 79.9. The van der Waals surface area contributed by atoms with Gasteiger partial charge in [-0.15, -0.1) is 0 Å². The summed E-state index contributed by atoms with van der Waals surface area (Å²) >= 11 is 16.1. The van der Waals surface area contributed by atoms with Gasteiger partial charge in [0.05, 0.1) is 20.6 Å². The van der Waals surface area contributed by atoms with Crippen molar-refractivity contribution in [2.24, 2.45) is 0 Å². The Kier molecular flexibility index (Phi) is 11.7. The zero-order valence-electron chi connectivity index (χ0n) is 25.9. The van der Waals surface area contributed by atoms with Crippen LogP contribution in [0.25, 0.3) is 0 Å². The van der Waals surface area contributed by atoms with Crippen molar-refractivity contribution in [1.29, 1.82) is 0 Å². The van der Waals surface area contributed by atoms with Crippen LogP contribution >= 0.6 is 39.1 Å². The number of hydrogen-bond donors (Lipinski definition) is 1. The van der Waals surface area contributed by atoms with Gasteiger partial charge in [-0.05, 0) is 73.4 Å². The van der Waals surface area contributed by atoms with Gasteiger partial charge in [0.1, 0.15) is 12.6 Å². The Morgan fingerprint density at radius 1 is 0.872 bits per heavy atom. The van der Waals surface area contributed by atoms with Crippen LogP contribution in [0, 0.1) is 6.92 Å². The molecule has 11 heteroatoms. The van der Waals surface area contributed by atoms with Crippen molar-refractivity contribution < 1.29 is 18.0 Å². The quantitative estimate of drug-likeness (QED) is 0.159. The lowest BCUT2D eigenvalue weighted by molar-refractivity contribution is -0.140. The molecule has 1 atom stereocenters. The van der Waals surface area contributed by atoms with Crippen LogP contribution in [0.3, 0.4) is 0 Å². The molecule has 5 rings (SSSR count). The van der Waals surface area contributed by atoms with Crippen LogP contribution in [-0.2, 0) is 32.6 Å². The van der Waals surface area contributed by atoms with E-state index in [0.29, 0.717) is 0 Å². The highest BCUT2D eigenvalue weighted by Gasteiger charge is 2.35. The van der Waals surface area contributed by atoms with Gasteiger partial charge in [-0.25, -0.2) is 8.42 Å². The zero-order chi connectivity index (χ0) is 33.6. The Labute approximate surface area is 295 Å². The van der Waals surface area contributed by atoms with Gasteiger partial charge in [-0.1, -0.05) is 112 Å². The number of halogens is 3. The molecule has 0 aliphatic heterocycles. The number of benzene rings is 4. The molecule has 0 aromatic heterocycles. The lowest BCUT2D eigenvalue weighted by atomic mass is 10.0. The molecule has 246 valence electrons. The summed E-state index contributed by atoms with van der Waals surface area (Å²) < 4.78 is 30.3. The van der Waals surface area contributed by atoms with E-state index in [4.69, 9.17) is 23.2 Å². The lowest BCUT2D eigenvalue weighted by Crippen LogP contribution is -2.54. The van der Waals surface area contributed by atoms with Crippen molar-refractivity contribution >= 4 is 66.7 Å². The highest BCUT2D eigenvalue weighted by Crippen LogP contribution is 2.31. The molecule has 1 aliphatic rings. The van der Waals surface area contributed by atoms with Crippen LogP contribution < -0.4 is 9.62 Å². The maximum absolute atomic E-state index is 14.6. The number of carbonyl (C=O) groups is 2. The van der Waals surface area contributed by atoms with Gasteiger partial charge in [0.25, 0.3) is 10.0 Å². The second-order valence-corrected chi connectivity index (χ2v) is 15.4. The molecule has 2 amide bonds. The second-order valence-electron chi connectivity index (χ2n) is 11.8. The SMILES string of the molecule is Cc1ccc(S(=O)(=O)N(CC(=O)N(Cc2cccc(Br)c2)[C@H](Cc2ccccc2)C(=O)NC2CCCC2)c2ccc(Cl)c(Cl)c2)cc1. The molecule has 0 spiro atoms. The minimum absolute atomic E-state index is 0.0142. The number of rotatable bonds is 12. The van der Waals surface area contributed by atoms with Gasteiger partial charge in [-0.3, -0.25) is 13.9 Å². The zero-order valence-corrected chi connectivity index (χ0v) is 29.8. The first-order chi connectivity index (χ1) is 22.5. The summed E-state index contributed by atoms with van der Waals surface area (Å²) in [4.78, 5) is 30.3. The standard InChI is InChI=1S/C36H36BrCl2N3O4S/c1-25-14-17-31(18-15-25)47(45,46)42(30-16-19-32(38)33(39)22-30)24-35(43)41(23-27-10-7-11-28(37)20-27)34(21-26-8-3-2-4-9-26)36(44)40-29-12-5-6-13-29/h2-4,7-11,14-20,22,29,34H,5-6,12-13,21,23-24H2,1H3,(H,40,44)/t34-/m1/s1. The summed E-state index contributed by atoms with van der Waals surface area (Å²) in [7, 11) is -4.26. The summed E-state index contributed by atoms with van der Waals surface area (Å²) in [5.41, 5.74) is 2.71. The molecule has 0 saturated heterocycles. The Hall–Kier alpha value is -3.37. The predicted octanol–water partition coefficient (Wildman–Crippen LogP) is 7.96. The van der Waals surface area contributed by atoms with Gasteiger partial charge in [0.15, 0.2) is 0 Å². The van der Waals surface area contributed by atoms with Gasteiger partial charge in [0.2, 0.25) is 11.8 Å². The van der Waals surface area contributed by atoms with E-state index in [1.165, 1.54) is 35.2 Å². The average molecular weight is 758 g/mol. The molecule has 1 saturated carbocycles. The summed E-state index contributed by atoms with van der Waals surface area (Å²) in [6.07, 6.45) is 4.07. The summed E-state index contributed by atoms with van der Waals surface area (Å²) in [6, 6.07) is 27.0. The predicted molar refractivity (Wildman–Crippen MR) is 191 cm³/mol. The van der Waals surface area contributed by atoms with Crippen LogP contribution in [-0.4, -0.2) is 43.8 Å². The van der Waals surface area contributed by atoms with E-state index in [9.17, 15) is 18.0 Å². The number of nitrogens with one attached hydrogen (secondary N) is 1. The fraction of sp³-hybridized carbons (Fsp3) is 0.278. The number of anilines is 1. The summed E-state index contributed by atoms with van der Waals surface area (Å²) in [5, 5.41) is 3.58. The van der Waals surface area contributed by atoms with Crippen LogP contribution in [0.15, 0.2) is 106 Å². The summed E-state index contributed by atoms with van der Waals surface area (Å²) in [5.74, 6) is -0.819. The first kappa shape index (κ1) is 35.0. The van der Waals surface area contributed by atoms with Crippen molar-refractivity contribution in [3.63, 3.8) is 0 Å². The van der Waals surface area contributed by atoms with Crippen molar-refractivity contribution in [3.05, 3.63) is 128 Å². The molecule has 0 radical (unpaired) electrons. The third-order valence-corrected chi connectivity index (χ3v) is 11.3. The molecule has 47 heavy (non-hydrogen) atoms. The minimum Gasteiger partial charge on any atom is -0.352 e. The second kappa shape index (κ2) is 15.7. The van der Waals surface area contributed by atoms with Gasteiger partial charge in [-0.2, -0.15) is 0 Å². The Bertz CT molecular complexity index is 1820. The first-order valence-corrected chi connectivity index (χ1v) is 18.4. The van der Waals surface area contributed by atoms with E-state index in [2.05, 4.69) is 21.2 Å². The van der Waals surface area contributed by atoms with E-state index in [1.807, 2.05) is 61.5 Å². The van der Waals surface area contributed by atoms with E-state index in [0.717, 1.165) is 51.2 Å². The molecule has 7 nitrogen and oxygen atoms in total. The Morgan fingerprint density at radius 3 is 2.21 bits per heavy atom. The van der Waals surface area contributed by atoms with Gasteiger partial charge < -0.3 is 10.2 Å². The monoisotopic (exact) mass is 755 g/mol. The van der Waals surface area contributed by atoms with Crippen LogP contribution in [0.5, 0.6) is 0 Å². The van der Waals surface area contributed by atoms with E-state index >= 15 is 0 Å². The number of carbonyl (C=O) groups excluding carboxylic acids is 2. The number of aryl methyl sites for hydroxylation is 1. The lowest BCUT2D eigenvalue weighted by Gasteiger charge is -2.34. The number of amides is 2. The molecular formula is C36H36BrCl2N3O4S. The van der Waals surface area contributed by atoms with E-state index in [1.54, 1.807) is 12.1 Å². The smallest absolute Gasteiger partial charge is 0.264 e. The summed E-state index contributed by atoms with van der Waals surface area (Å²) in [6.45, 7) is 1.36. The van der Waals surface area contributed by atoms with E-state index in [-0.39, 0.29) is 45.5 Å². The molecule has 4 aromatic rings. The molecule has 1 N–H and O–H groups in total. The molecule has 0 heterocycles. The molecule has 1 aliphatic carbocycles. The molecule has 0 bridgehead atoms. The Balaban J connectivity index is 1.58. The average Bonchev–Trinajstić information content (AvgIpc) is 3.56. The normalized spacial score (nSPS) is 14.0. The third kappa shape index (κ3) is 8.96. The van der Waals surface area contributed by atoms with E-state index < -0.39 is 28.5 Å². The van der Waals surface area contributed by atoms with Crippen LogP contribution in [0.2, 0.25) is 10.0 Å². The maximum atomic E-state index is 14.6. The molecule has 4 aromatic carbocycles. The van der Waals surface area contributed by atoms with Crippen molar-refractivity contribution in [1.82, 2.24) is 10.2 Å². The van der Waals surface area contributed by atoms with Gasteiger partial charge in [0, 0.05) is 23.5 Å². The number of nitrogens with zero attached hydrogens (tertiary/aromatic N) is 2. The largest absolute Gasteiger partial charge is 0.352 e. The Morgan fingerprint density at radius 2 is 1.55 bits per heavy atom. The van der Waals surface area contributed by atoms with Crippen molar-refractivity contribution in [3.8, 4) is 0 Å². The minimum atomic E-state index is -4.26. The van der Waals surface area contributed by atoms with Crippen LogP contribution in [0.4, 0.5) is 5.69 Å². The highest BCUT2D eigenvalue weighted by molar-refractivity contribution is 9.10. The first-order valence-electron chi connectivity index (χ1n) is 15.4. The van der Waals surface area contributed by atoms with Gasteiger partial charge >= 0.3 is 0 Å². The molecular weight excluding hydrogens is 721 g/mol. The maximum Gasteiger partial charge on any atom is 0.264 e. The molecule has 0 unspecified atom stereocenters. The number of hydrogen-bond acceptors (Lipinski definition) is 4. The number of sulfonamides is 1. The third-order valence-electron chi connectivity index (χ3n) is 8.29. The molecule has 1 fully saturated rings. The van der Waals surface area contributed by atoms with Crippen molar-refractivity contribution in [2.75, 3.05) is 10.8 Å². The van der Waals surface area contributed by atoms with Crippen molar-refractivity contribution in [2.45, 2.75) is 62.6 Å². The fourth-order valence-corrected chi connectivity index (χ4v) is 7.90. The van der Waals surface area contributed by atoms with Crippen LogP contribution in [0.1, 0.15) is 42.4 Å². The topological polar surface area (TPSA) is 86.8 Å². The fourth-order valence-electron chi connectivity index (χ4n) is 5.76.